The normalized spacial score (nSPS) is 10.5. The first-order chi connectivity index (χ1) is 8.04. The van der Waals surface area contributed by atoms with Gasteiger partial charge in [-0.15, -0.1) is 0 Å². The minimum atomic E-state index is -0.948. The summed E-state index contributed by atoms with van der Waals surface area (Å²) < 4.78 is 1.64. The predicted octanol–water partition coefficient (Wildman–Crippen LogP) is 2.25. The molecule has 0 radical (unpaired) electrons. The Morgan fingerprint density at radius 1 is 1.29 bits per heavy atom. The molecule has 2 aromatic rings. The Kier molecular flexibility index (Phi) is 2.95. The van der Waals surface area contributed by atoms with E-state index in [1.165, 1.54) is 17.3 Å². The van der Waals surface area contributed by atoms with Gasteiger partial charge in [-0.3, -0.25) is 4.68 Å². The third-order valence-electron chi connectivity index (χ3n) is 2.51. The van der Waals surface area contributed by atoms with Crippen molar-refractivity contribution in [3.8, 4) is 0 Å². The first-order valence-electron chi connectivity index (χ1n) is 5.37. The maximum Gasteiger partial charge on any atom is 0.338 e. The van der Waals surface area contributed by atoms with Crippen LogP contribution in [-0.2, 0) is 6.54 Å². The SMILES string of the molecule is Cc1cc(C)cc(Cn2cc(C(=O)O)cn2)c1. The van der Waals surface area contributed by atoms with Gasteiger partial charge in [-0.05, 0) is 19.4 Å². The molecule has 1 aromatic heterocycles. The lowest BCUT2D eigenvalue weighted by Gasteiger charge is -2.05. The van der Waals surface area contributed by atoms with Crippen molar-refractivity contribution in [3.63, 3.8) is 0 Å². The fraction of sp³-hybridized carbons (Fsp3) is 0.231. The number of hydrogen-bond donors (Lipinski definition) is 1. The molecule has 0 unspecified atom stereocenters. The Balaban J connectivity index is 2.22. The summed E-state index contributed by atoms with van der Waals surface area (Å²) >= 11 is 0. The summed E-state index contributed by atoms with van der Waals surface area (Å²) in [6.45, 7) is 4.68. The Hall–Kier alpha value is -2.10. The van der Waals surface area contributed by atoms with Crippen molar-refractivity contribution in [3.05, 3.63) is 52.8 Å². The van der Waals surface area contributed by atoms with Crippen molar-refractivity contribution >= 4 is 5.97 Å². The van der Waals surface area contributed by atoms with Crippen LogP contribution in [0.15, 0.2) is 30.6 Å². The first-order valence-corrected chi connectivity index (χ1v) is 5.37. The molecule has 4 nitrogen and oxygen atoms in total. The zero-order valence-electron chi connectivity index (χ0n) is 9.84. The fourth-order valence-corrected chi connectivity index (χ4v) is 1.91. The van der Waals surface area contributed by atoms with Crippen LogP contribution in [0.2, 0.25) is 0 Å². The summed E-state index contributed by atoms with van der Waals surface area (Å²) in [5.74, 6) is -0.948. The summed E-state index contributed by atoms with van der Waals surface area (Å²) in [5.41, 5.74) is 3.74. The maximum absolute atomic E-state index is 10.7. The number of carboxylic acid groups (broad SMARTS) is 1. The zero-order chi connectivity index (χ0) is 12.4. The van der Waals surface area contributed by atoms with Gasteiger partial charge in [0.25, 0.3) is 0 Å². The van der Waals surface area contributed by atoms with Crippen LogP contribution in [-0.4, -0.2) is 20.9 Å². The number of hydrogen-bond acceptors (Lipinski definition) is 2. The molecule has 0 bridgehead atoms. The van der Waals surface area contributed by atoms with E-state index in [1.54, 1.807) is 10.9 Å². The number of aromatic carboxylic acids is 1. The van der Waals surface area contributed by atoms with Gasteiger partial charge in [0, 0.05) is 6.20 Å². The van der Waals surface area contributed by atoms with E-state index in [9.17, 15) is 4.79 Å². The summed E-state index contributed by atoms with van der Waals surface area (Å²) in [6, 6.07) is 6.26. The minimum absolute atomic E-state index is 0.217. The smallest absolute Gasteiger partial charge is 0.338 e. The molecule has 1 heterocycles. The number of aromatic nitrogens is 2. The average Bonchev–Trinajstić information content (AvgIpc) is 2.64. The lowest BCUT2D eigenvalue weighted by atomic mass is 10.1. The van der Waals surface area contributed by atoms with E-state index in [-0.39, 0.29) is 5.56 Å². The molecule has 4 heteroatoms. The largest absolute Gasteiger partial charge is 0.478 e. The van der Waals surface area contributed by atoms with Crippen molar-refractivity contribution < 1.29 is 9.90 Å². The van der Waals surface area contributed by atoms with E-state index in [2.05, 4.69) is 23.3 Å². The highest BCUT2D eigenvalue weighted by Gasteiger charge is 2.06. The number of aryl methyl sites for hydroxylation is 2. The number of nitrogens with zero attached hydrogens (tertiary/aromatic N) is 2. The van der Waals surface area contributed by atoms with Gasteiger partial charge in [0.2, 0.25) is 0 Å². The quantitative estimate of drug-likeness (QED) is 0.879. The molecule has 0 amide bonds. The van der Waals surface area contributed by atoms with Gasteiger partial charge in [0.1, 0.15) is 0 Å². The van der Waals surface area contributed by atoms with Crippen LogP contribution in [0.25, 0.3) is 0 Å². The van der Waals surface area contributed by atoms with Gasteiger partial charge < -0.3 is 5.11 Å². The van der Waals surface area contributed by atoms with Gasteiger partial charge in [-0.1, -0.05) is 29.3 Å². The molecule has 17 heavy (non-hydrogen) atoms. The summed E-state index contributed by atoms with van der Waals surface area (Å²) in [6.07, 6.45) is 2.91. The molecule has 88 valence electrons. The van der Waals surface area contributed by atoms with Crippen molar-refractivity contribution in [1.29, 1.82) is 0 Å². The molecule has 0 aliphatic carbocycles. The van der Waals surface area contributed by atoms with Gasteiger partial charge in [0.15, 0.2) is 0 Å². The highest BCUT2D eigenvalue weighted by Crippen LogP contribution is 2.10. The second kappa shape index (κ2) is 4.41. The molecule has 1 N–H and O–H groups in total. The molecule has 0 fully saturated rings. The molecule has 2 rings (SSSR count). The number of benzene rings is 1. The Morgan fingerprint density at radius 3 is 2.47 bits per heavy atom. The van der Waals surface area contributed by atoms with Crippen molar-refractivity contribution in [1.82, 2.24) is 9.78 Å². The lowest BCUT2D eigenvalue weighted by Crippen LogP contribution is -2.01. The highest BCUT2D eigenvalue weighted by molar-refractivity contribution is 5.86. The number of carboxylic acids is 1. The summed E-state index contributed by atoms with van der Waals surface area (Å²) in [7, 11) is 0. The first kappa shape index (κ1) is 11.4. The standard InChI is InChI=1S/C13H14N2O2/c1-9-3-10(2)5-11(4-9)7-15-8-12(6-14-15)13(16)17/h3-6,8H,7H2,1-2H3,(H,16,17). The second-order valence-corrected chi connectivity index (χ2v) is 4.23. The van der Waals surface area contributed by atoms with Crippen molar-refractivity contribution in [2.45, 2.75) is 20.4 Å². The van der Waals surface area contributed by atoms with E-state index in [0.29, 0.717) is 6.54 Å². The molecule has 0 aliphatic heterocycles. The second-order valence-electron chi connectivity index (χ2n) is 4.23. The van der Waals surface area contributed by atoms with Crippen LogP contribution in [0.1, 0.15) is 27.0 Å². The maximum atomic E-state index is 10.7. The molecule has 0 atom stereocenters. The van der Waals surface area contributed by atoms with Crippen LogP contribution in [0.4, 0.5) is 0 Å². The fourth-order valence-electron chi connectivity index (χ4n) is 1.91. The third kappa shape index (κ3) is 2.72. The third-order valence-corrected chi connectivity index (χ3v) is 2.51. The average molecular weight is 230 g/mol. The van der Waals surface area contributed by atoms with Gasteiger partial charge in [0.05, 0.1) is 18.3 Å². The van der Waals surface area contributed by atoms with Gasteiger partial charge in [-0.2, -0.15) is 5.10 Å². The van der Waals surface area contributed by atoms with E-state index >= 15 is 0 Å². The van der Waals surface area contributed by atoms with Crippen LogP contribution >= 0.6 is 0 Å². The monoisotopic (exact) mass is 230 g/mol. The van der Waals surface area contributed by atoms with Gasteiger partial charge >= 0.3 is 5.97 Å². The molecule has 0 saturated heterocycles. The lowest BCUT2D eigenvalue weighted by molar-refractivity contribution is 0.0697. The molecule has 1 aromatic carbocycles. The van der Waals surface area contributed by atoms with Crippen molar-refractivity contribution in [2.24, 2.45) is 0 Å². The number of carbonyl (C=O) groups is 1. The predicted molar refractivity (Wildman–Crippen MR) is 64.2 cm³/mol. The highest BCUT2D eigenvalue weighted by atomic mass is 16.4. The molecular formula is C13H14N2O2. The molecular weight excluding hydrogens is 216 g/mol. The van der Waals surface area contributed by atoms with Crippen molar-refractivity contribution in [2.75, 3.05) is 0 Å². The van der Waals surface area contributed by atoms with Gasteiger partial charge in [-0.25, -0.2) is 4.79 Å². The van der Waals surface area contributed by atoms with E-state index in [0.717, 1.165) is 5.56 Å². The minimum Gasteiger partial charge on any atom is -0.478 e. The van der Waals surface area contributed by atoms with E-state index in [1.807, 2.05) is 13.8 Å². The number of rotatable bonds is 3. The molecule has 0 spiro atoms. The van der Waals surface area contributed by atoms with Crippen LogP contribution in [0.5, 0.6) is 0 Å². The Morgan fingerprint density at radius 2 is 1.94 bits per heavy atom. The summed E-state index contributed by atoms with van der Waals surface area (Å²) in [4.78, 5) is 10.7. The topological polar surface area (TPSA) is 55.1 Å². The van der Waals surface area contributed by atoms with Crippen LogP contribution in [0.3, 0.4) is 0 Å². The van der Waals surface area contributed by atoms with Crippen LogP contribution in [0, 0.1) is 13.8 Å². The van der Waals surface area contributed by atoms with E-state index in [4.69, 9.17) is 5.11 Å². The van der Waals surface area contributed by atoms with Crippen LogP contribution < -0.4 is 0 Å². The molecule has 0 aliphatic rings. The Labute approximate surface area is 99.5 Å². The Bertz CT molecular complexity index is 538. The molecule has 0 saturated carbocycles. The zero-order valence-corrected chi connectivity index (χ0v) is 9.84. The summed E-state index contributed by atoms with van der Waals surface area (Å²) in [5, 5.41) is 12.8. The van der Waals surface area contributed by atoms with E-state index < -0.39 is 5.97 Å².